The van der Waals surface area contributed by atoms with Crippen LogP contribution in [0.5, 0.6) is 0 Å². The first kappa shape index (κ1) is 73.5. The van der Waals surface area contributed by atoms with E-state index in [0.29, 0.717) is 33.5 Å². The smallest absolute Gasteiger partial charge is 0.355 e. The molecule has 0 saturated heterocycles. The van der Waals surface area contributed by atoms with Crippen LogP contribution < -0.4 is 33.5 Å². The van der Waals surface area contributed by atoms with Crippen molar-refractivity contribution in [2.45, 2.75) is 49.6 Å². The number of nitrogens with two attached hydrogens (primary N) is 2. The molecule has 0 unspecified atom stereocenters. The number of halogens is 8. The summed E-state index contributed by atoms with van der Waals surface area (Å²) in [6, 6.07) is 22.7. The van der Waals surface area contributed by atoms with Crippen LogP contribution in [0.4, 0.5) is 34.9 Å². The highest BCUT2D eigenvalue weighted by atomic mass is 35.5. The van der Waals surface area contributed by atoms with Gasteiger partial charge in [0.15, 0.2) is 11.3 Å². The third-order valence-electron chi connectivity index (χ3n) is 13.3. The number of hydrogen-bond acceptors (Lipinski definition) is 14. The Labute approximate surface area is 495 Å². The fourth-order valence-corrected chi connectivity index (χ4v) is 11.0. The molecule has 2 spiro atoms. The molecule has 2 fully saturated rings. The summed E-state index contributed by atoms with van der Waals surface area (Å²) in [5, 5.41) is 8.46. The summed E-state index contributed by atoms with van der Waals surface area (Å²) in [5.74, 6) is 0.890. The van der Waals surface area contributed by atoms with E-state index in [1.54, 1.807) is 48.8 Å². The summed E-state index contributed by atoms with van der Waals surface area (Å²) < 4.78 is 2.36. The number of fused-ring (bicyclic) bond motifs is 6. The van der Waals surface area contributed by atoms with Gasteiger partial charge in [0.1, 0.15) is 11.6 Å². The van der Waals surface area contributed by atoms with Gasteiger partial charge in [-0.2, -0.15) is 19.9 Å². The summed E-state index contributed by atoms with van der Waals surface area (Å²) in [7, 11) is 4.32. The van der Waals surface area contributed by atoms with Crippen molar-refractivity contribution in [3.05, 3.63) is 149 Å². The van der Waals surface area contributed by atoms with Gasteiger partial charge in [-0.3, -0.25) is 0 Å². The molecule has 8 aromatic rings. The van der Waals surface area contributed by atoms with Crippen LogP contribution in [-0.4, -0.2) is 114 Å². The van der Waals surface area contributed by atoms with Gasteiger partial charge in [0.2, 0.25) is 11.9 Å². The third-order valence-corrected chi connectivity index (χ3v) is 14.5. The average molecular weight is 1260 g/mol. The van der Waals surface area contributed by atoms with E-state index in [1.807, 2.05) is 0 Å². The number of nitrogen functional groups attached to an aromatic ring is 2. The van der Waals surface area contributed by atoms with Crippen molar-refractivity contribution in [1.29, 1.82) is 0 Å². The van der Waals surface area contributed by atoms with E-state index in [-0.39, 0.29) is 142 Å². The molecule has 2 aliphatic heterocycles. The fourth-order valence-electron chi connectivity index (χ4n) is 9.91. The quantitative estimate of drug-likeness (QED) is 0.178. The summed E-state index contributed by atoms with van der Waals surface area (Å²) in [6.07, 6.45) is 8.06. The van der Waals surface area contributed by atoms with Crippen molar-refractivity contribution >= 4 is 153 Å². The SMILES string of the molecule is CN1Cc2cc(Nc3ncc4c(N)n(-c5c(Cl)cccc5Cl)c(=O)nc4n3)ccc2C2(CC2)C1.CN1Cc2cc(Nc3ncc4c(N)n(-c5c(Cl)cccc5Cl)c(=O)nc4n3)ccc2C2(CC2)C1.Cl.Cl.Cl.Cl.O.O.O.O.O.O.O. The van der Waals surface area contributed by atoms with Gasteiger partial charge in [-0.05, 0) is 111 Å². The Balaban J connectivity index is 0.00000135. The second-order valence-corrected chi connectivity index (χ2v) is 19.8. The van der Waals surface area contributed by atoms with E-state index in [9.17, 15) is 9.59 Å². The number of hydrogen-bond donors (Lipinski definition) is 4. The van der Waals surface area contributed by atoms with Crippen LogP contribution in [0.25, 0.3) is 33.4 Å². The van der Waals surface area contributed by atoms with Crippen molar-refractivity contribution in [1.82, 2.24) is 48.8 Å². The summed E-state index contributed by atoms with van der Waals surface area (Å²) in [6.45, 7) is 4.05. The molecular formula is C48H60Cl8N14O9. The zero-order chi connectivity index (χ0) is 47.2. The minimum atomic E-state index is -0.629. The molecule has 12 rings (SSSR count). The summed E-state index contributed by atoms with van der Waals surface area (Å²) in [5.41, 5.74) is 20.2. The molecule has 4 aromatic heterocycles. The maximum absolute atomic E-state index is 12.9. The monoisotopic (exact) mass is 1260 g/mol. The molecule has 4 aliphatic rings. The van der Waals surface area contributed by atoms with E-state index in [2.05, 4.69) is 101 Å². The topological polar surface area (TPSA) is 424 Å². The average Bonchev–Trinajstić information content (AvgIpc) is 4.23. The van der Waals surface area contributed by atoms with Crippen LogP contribution in [0.2, 0.25) is 20.1 Å². The van der Waals surface area contributed by atoms with Crippen LogP contribution in [0, 0.1) is 0 Å². The lowest BCUT2D eigenvalue weighted by atomic mass is 9.87. The summed E-state index contributed by atoms with van der Waals surface area (Å²) >= 11 is 25.1. The van der Waals surface area contributed by atoms with Crippen LogP contribution >= 0.6 is 96.0 Å². The molecule has 2 saturated carbocycles. The number of anilines is 6. The Morgan fingerprint density at radius 2 is 0.835 bits per heavy atom. The lowest BCUT2D eigenvalue weighted by Crippen LogP contribution is -2.35. The molecule has 31 heteroatoms. The number of nitrogens with one attached hydrogen (secondary N) is 2. The molecule has 2 aliphatic carbocycles. The molecule has 0 amide bonds. The standard InChI is InChI=1S/2C24H21Cl2N7O.4ClH.7H2O/c2*1-32-11-13-9-14(5-6-16(13)24(12-32)7-8-24)29-22-28-10-15-20(27)33(23(34)31-21(15)30-22)19-17(25)3-2-4-18(19)26;;;;;;;;;;;/h2*2-6,9-10H,7-8,11-12,27H2,1H3,(H,29,30,31,34);4*1H;7*1H2. The van der Waals surface area contributed by atoms with Gasteiger partial charge >= 0.3 is 11.4 Å². The molecular weight excluding hydrogens is 1200 g/mol. The maximum atomic E-state index is 12.9. The maximum Gasteiger partial charge on any atom is 0.355 e. The Kier molecular flexibility index (Phi) is 26.3. The van der Waals surface area contributed by atoms with Gasteiger partial charge in [0.05, 0.1) is 42.2 Å². The largest absolute Gasteiger partial charge is 0.412 e. The third kappa shape index (κ3) is 13.6. The first-order valence-electron chi connectivity index (χ1n) is 21.9. The van der Waals surface area contributed by atoms with Gasteiger partial charge < -0.3 is 70.2 Å². The highest BCUT2D eigenvalue weighted by Gasteiger charge is 2.49. The Hall–Kier alpha value is -5.52. The van der Waals surface area contributed by atoms with Crippen molar-refractivity contribution in [2.24, 2.45) is 0 Å². The summed E-state index contributed by atoms with van der Waals surface area (Å²) in [4.78, 5) is 56.4. The van der Waals surface area contributed by atoms with E-state index in [4.69, 9.17) is 57.9 Å². The van der Waals surface area contributed by atoms with E-state index in [1.165, 1.54) is 57.1 Å². The Morgan fingerprint density at radius 3 is 1.15 bits per heavy atom. The fraction of sp³-hybridized carbons (Fsp3) is 0.250. The highest BCUT2D eigenvalue weighted by molar-refractivity contribution is 6.38. The Bertz CT molecular complexity index is 3290. The normalized spacial score (nSPS) is 14.3. The number of para-hydroxylation sites is 2. The number of likely N-dealkylation sites (N-methyl/N-ethyl adjacent to an activating group) is 2. The lowest BCUT2D eigenvalue weighted by Gasteiger charge is -2.32. The molecule has 79 heavy (non-hydrogen) atoms. The van der Waals surface area contributed by atoms with Crippen LogP contribution in [0.15, 0.2) is 94.8 Å². The molecule has 4 aromatic carbocycles. The van der Waals surface area contributed by atoms with Gasteiger partial charge in [-0.25, -0.2) is 28.7 Å². The minimum Gasteiger partial charge on any atom is -0.412 e. The molecule has 0 radical (unpaired) electrons. The first-order chi connectivity index (χ1) is 32.7. The molecule has 6 heterocycles. The second kappa shape index (κ2) is 28.3. The number of benzene rings is 4. The van der Waals surface area contributed by atoms with Crippen molar-refractivity contribution in [3.63, 3.8) is 0 Å². The van der Waals surface area contributed by atoms with E-state index < -0.39 is 11.4 Å². The molecule has 20 N–H and O–H groups in total. The van der Waals surface area contributed by atoms with Crippen molar-refractivity contribution in [3.8, 4) is 11.4 Å². The number of rotatable bonds is 6. The Morgan fingerprint density at radius 1 is 0.506 bits per heavy atom. The number of aromatic nitrogens is 8. The van der Waals surface area contributed by atoms with Crippen LogP contribution in [0.3, 0.4) is 0 Å². The zero-order valence-electron chi connectivity index (χ0n) is 41.8. The predicted molar refractivity (Wildman–Crippen MR) is 323 cm³/mol. The van der Waals surface area contributed by atoms with E-state index in [0.717, 1.165) is 37.6 Å². The van der Waals surface area contributed by atoms with Gasteiger partial charge in [-0.15, -0.1) is 49.6 Å². The van der Waals surface area contributed by atoms with Crippen molar-refractivity contribution in [2.75, 3.05) is 49.3 Å². The predicted octanol–water partition coefficient (Wildman–Crippen LogP) is 4.48. The van der Waals surface area contributed by atoms with Gasteiger partial charge in [0.25, 0.3) is 0 Å². The van der Waals surface area contributed by atoms with Crippen molar-refractivity contribution < 1.29 is 38.3 Å². The van der Waals surface area contributed by atoms with Gasteiger partial charge in [-0.1, -0.05) is 70.7 Å². The second-order valence-electron chi connectivity index (χ2n) is 18.1. The van der Waals surface area contributed by atoms with Crippen LogP contribution in [-0.2, 0) is 23.9 Å². The van der Waals surface area contributed by atoms with Gasteiger partial charge in [0, 0.05) is 60.8 Å². The highest BCUT2D eigenvalue weighted by Crippen LogP contribution is 2.53. The minimum absolute atomic E-state index is 0. The number of nitrogens with zero attached hydrogens (tertiary/aromatic N) is 10. The molecule has 432 valence electrons. The lowest BCUT2D eigenvalue weighted by molar-refractivity contribution is 0.271. The molecule has 0 atom stereocenters. The molecule has 0 bridgehead atoms. The first-order valence-corrected chi connectivity index (χ1v) is 23.4. The van der Waals surface area contributed by atoms with Crippen LogP contribution in [0.1, 0.15) is 47.9 Å². The molecule has 23 nitrogen and oxygen atoms in total. The zero-order valence-corrected chi connectivity index (χ0v) is 48.1. The van der Waals surface area contributed by atoms with E-state index >= 15 is 0 Å².